The van der Waals surface area contributed by atoms with Gasteiger partial charge in [-0.3, -0.25) is 0 Å². The number of furan rings is 1. The number of rotatable bonds is 13. The molecule has 1 rings (SSSR count). The highest BCUT2D eigenvalue weighted by Crippen LogP contribution is 2.23. The molecule has 24 heavy (non-hydrogen) atoms. The van der Waals surface area contributed by atoms with E-state index in [0.29, 0.717) is 6.61 Å². The molecular formula is C21H40O2Si. The zero-order valence-corrected chi connectivity index (χ0v) is 18.1. The van der Waals surface area contributed by atoms with Gasteiger partial charge in [-0.05, 0) is 30.0 Å². The number of hydrogen-bond acceptors (Lipinski definition) is 2. The van der Waals surface area contributed by atoms with Gasteiger partial charge < -0.3 is 9.15 Å². The van der Waals surface area contributed by atoms with Crippen LogP contribution in [-0.2, 0) is 24.2 Å². The van der Waals surface area contributed by atoms with Gasteiger partial charge in [-0.15, -0.1) is 0 Å². The van der Waals surface area contributed by atoms with Gasteiger partial charge in [-0.2, -0.15) is 0 Å². The van der Waals surface area contributed by atoms with Crippen LogP contribution in [0.2, 0.25) is 19.6 Å². The van der Waals surface area contributed by atoms with E-state index in [1.165, 1.54) is 62.7 Å². The maximum absolute atomic E-state index is 6.36. The van der Waals surface area contributed by atoms with Gasteiger partial charge in [0.2, 0.25) is 0 Å². The standard InChI is InChI=1S/C21H40O2Si/c1-7-9-11-13-15-18-20(17-22-3)23-19(16-14-12-10-8-2)21(18)24(4,5)6/h7-17H2,1-6H3. The monoisotopic (exact) mass is 352 g/mol. The van der Waals surface area contributed by atoms with Crippen molar-refractivity contribution in [2.75, 3.05) is 7.11 Å². The molecule has 1 aromatic rings. The number of unbranched alkanes of at least 4 members (excludes halogenated alkanes) is 6. The van der Waals surface area contributed by atoms with Gasteiger partial charge in [0.15, 0.2) is 0 Å². The summed E-state index contributed by atoms with van der Waals surface area (Å²) in [4.78, 5) is 0. The molecule has 0 aliphatic rings. The molecule has 0 aliphatic heterocycles. The lowest BCUT2D eigenvalue weighted by Gasteiger charge is -2.19. The molecule has 0 fully saturated rings. The first-order valence-corrected chi connectivity index (χ1v) is 13.6. The quantitative estimate of drug-likeness (QED) is 0.311. The second-order valence-corrected chi connectivity index (χ2v) is 13.1. The third-order valence-corrected chi connectivity index (χ3v) is 6.81. The Balaban J connectivity index is 2.99. The predicted octanol–water partition coefficient (Wildman–Crippen LogP) is 6.22. The van der Waals surface area contributed by atoms with Gasteiger partial charge >= 0.3 is 0 Å². The van der Waals surface area contributed by atoms with Crippen molar-refractivity contribution in [1.29, 1.82) is 0 Å². The van der Waals surface area contributed by atoms with Crippen LogP contribution in [0.15, 0.2) is 4.42 Å². The van der Waals surface area contributed by atoms with Gasteiger partial charge in [-0.1, -0.05) is 72.0 Å². The normalized spacial score (nSPS) is 12.1. The summed E-state index contributed by atoms with van der Waals surface area (Å²) in [6.07, 6.45) is 12.7. The maximum atomic E-state index is 6.36. The van der Waals surface area contributed by atoms with E-state index >= 15 is 0 Å². The van der Waals surface area contributed by atoms with Gasteiger partial charge in [0.1, 0.15) is 18.1 Å². The van der Waals surface area contributed by atoms with E-state index in [0.717, 1.165) is 18.6 Å². The highest BCUT2D eigenvalue weighted by atomic mass is 28.3. The molecule has 0 aromatic carbocycles. The summed E-state index contributed by atoms with van der Waals surface area (Å²) in [5.74, 6) is 2.39. The Morgan fingerprint density at radius 2 is 1.38 bits per heavy atom. The Morgan fingerprint density at radius 1 is 0.792 bits per heavy atom. The largest absolute Gasteiger partial charge is 0.463 e. The van der Waals surface area contributed by atoms with E-state index in [4.69, 9.17) is 9.15 Å². The maximum Gasteiger partial charge on any atom is 0.132 e. The highest BCUT2D eigenvalue weighted by Gasteiger charge is 2.29. The average molecular weight is 353 g/mol. The van der Waals surface area contributed by atoms with Crippen molar-refractivity contribution in [2.24, 2.45) is 0 Å². The van der Waals surface area contributed by atoms with E-state index in [2.05, 4.69) is 33.5 Å². The minimum Gasteiger partial charge on any atom is -0.463 e. The van der Waals surface area contributed by atoms with E-state index in [1.54, 1.807) is 12.3 Å². The lowest BCUT2D eigenvalue weighted by Crippen LogP contribution is -2.41. The predicted molar refractivity (Wildman–Crippen MR) is 108 cm³/mol. The van der Waals surface area contributed by atoms with E-state index in [1.807, 2.05) is 0 Å². The Morgan fingerprint density at radius 3 is 1.88 bits per heavy atom. The summed E-state index contributed by atoms with van der Waals surface area (Å²) < 4.78 is 11.8. The zero-order chi connectivity index (χ0) is 18.0. The van der Waals surface area contributed by atoms with Crippen molar-refractivity contribution < 1.29 is 9.15 Å². The Labute approximate surface area is 151 Å². The molecule has 2 nitrogen and oxygen atoms in total. The molecule has 3 heteroatoms. The molecule has 1 heterocycles. The van der Waals surface area contributed by atoms with Crippen molar-refractivity contribution >= 4 is 13.3 Å². The van der Waals surface area contributed by atoms with Crippen molar-refractivity contribution in [3.05, 3.63) is 17.1 Å². The van der Waals surface area contributed by atoms with Crippen LogP contribution in [-0.4, -0.2) is 15.2 Å². The lowest BCUT2D eigenvalue weighted by atomic mass is 10.1. The van der Waals surface area contributed by atoms with Crippen molar-refractivity contribution in [3.63, 3.8) is 0 Å². The molecule has 0 radical (unpaired) electrons. The van der Waals surface area contributed by atoms with Gasteiger partial charge in [0.25, 0.3) is 0 Å². The summed E-state index contributed by atoms with van der Waals surface area (Å²) in [5, 5.41) is 1.60. The molecular weight excluding hydrogens is 312 g/mol. The van der Waals surface area contributed by atoms with Gasteiger partial charge in [0, 0.05) is 13.5 Å². The highest BCUT2D eigenvalue weighted by molar-refractivity contribution is 6.89. The fourth-order valence-electron chi connectivity index (χ4n) is 3.57. The summed E-state index contributed by atoms with van der Waals surface area (Å²) in [6, 6.07) is 0. The molecule has 0 spiro atoms. The van der Waals surface area contributed by atoms with Crippen LogP contribution in [0.1, 0.15) is 82.3 Å². The lowest BCUT2D eigenvalue weighted by molar-refractivity contribution is 0.161. The molecule has 0 aliphatic carbocycles. The second kappa shape index (κ2) is 11.1. The van der Waals surface area contributed by atoms with Gasteiger partial charge in [-0.25, -0.2) is 0 Å². The SMILES string of the molecule is CCCCCCc1oc(COC)c(CCCCCC)c1[Si](C)(C)C. The first-order valence-electron chi connectivity index (χ1n) is 10.1. The third-order valence-electron chi connectivity index (χ3n) is 4.73. The summed E-state index contributed by atoms with van der Waals surface area (Å²) in [5.41, 5.74) is 1.50. The third kappa shape index (κ3) is 6.76. The molecule has 0 saturated carbocycles. The fourth-order valence-corrected chi connectivity index (χ4v) is 5.75. The molecule has 0 atom stereocenters. The number of ether oxygens (including phenoxy) is 1. The van der Waals surface area contributed by atoms with Crippen LogP contribution in [0.3, 0.4) is 0 Å². The fraction of sp³-hybridized carbons (Fsp3) is 0.810. The molecule has 1 aromatic heterocycles. The van der Waals surface area contributed by atoms with Crippen LogP contribution in [0.25, 0.3) is 0 Å². The average Bonchev–Trinajstić information content (AvgIpc) is 2.86. The van der Waals surface area contributed by atoms with Crippen molar-refractivity contribution in [3.8, 4) is 0 Å². The molecule has 140 valence electrons. The summed E-state index contributed by atoms with van der Waals surface area (Å²) in [6.45, 7) is 12.5. The van der Waals surface area contributed by atoms with E-state index < -0.39 is 8.07 Å². The molecule has 0 amide bonds. The topological polar surface area (TPSA) is 22.4 Å². The number of aryl methyl sites for hydroxylation is 1. The van der Waals surface area contributed by atoms with Crippen LogP contribution < -0.4 is 5.19 Å². The van der Waals surface area contributed by atoms with Crippen molar-refractivity contribution in [1.82, 2.24) is 0 Å². The minimum atomic E-state index is -1.42. The van der Waals surface area contributed by atoms with E-state index in [-0.39, 0.29) is 0 Å². The van der Waals surface area contributed by atoms with Gasteiger partial charge in [0.05, 0.1) is 8.07 Å². The molecule has 0 unspecified atom stereocenters. The number of methoxy groups -OCH3 is 1. The Kier molecular flexibility index (Phi) is 9.98. The smallest absolute Gasteiger partial charge is 0.132 e. The van der Waals surface area contributed by atoms with Crippen LogP contribution in [0.5, 0.6) is 0 Å². The van der Waals surface area contributed by atoms with Crippen LogP contribution >= 0.6 is 0 Å². The molecule has 0 saturated heterocycles. The first-order chi connectivity index (χ1) is 11.5. The summed E-state index contributed by atoms with van der Waals surface area (Å²) >= 11 is 0. The minimum absolute atomic E-state index is 0.621. The Hall–Kier alpha value is -0.543. The number of hydrogen-bond donors (Lipinski definition) is 0. The summed E-state index contributed by atoms with van der Waals surface area (Å²) in [7, 11) is 0.359. The molecule has 0 bridgehead atoms. The molecule has 0 N–H and O–H groups in total. The Bertz CT molecular complexity index is 457. The van der Waals surface area contributed by atoms with Crippen LogP contribution in [0.4, 0.5) is 0 Å². The van der Waals surface area contributed by atoms with Crippen molar-refractivity contribution in [2.45, 2.75) is 104 Å². The first kappa shape index (κ1) is 21.5. The van der Waals surface area contributed by atoms with E-state index in [9.17, 15) is 0 Å². The second-order valence-electron chi connectivity index (χ2n) is 8.11. The van der Waals surface area contributed by atoms with Crippen LogP contribution in [0, 0.1) is 0 Å². The zero-order valence-electron chi connectivity index (χ0n) is 17.1.